The number of hydrogen-bond acceptors (Lipinski definition) is 4. The van der Waals surface area contributed by atoms with E-state index >= 15 is 0 Å². The Morgan fingerprint density at radius 2 is 1.83 bits per heavy atom. The molecule has 36 heavy (non-hydrogen) atoms. The molecule has 2 aromatic carbocycles. The molecule has 0 bridgehead atoms. The van der Waals surface area contributed by atoms with E-state index in [1.807, 2.05) is 0 Å². The molecule has 0 saturated heterocycles. The number of hydrogen-bond donors (Lipinski definition) is 1. The quantitative estimate of drug-likeness (QED) is 0.502. The summed E-state index contributed by atoms with van der Waals surface area (Å²) in [7, 11) is 1.42. The normalized spacial score (nSPS) is 20.7. The summed E-state index contributed by atoms with van der Waals surface area (Å²) in [6, 6.07) is 13.3. The standard InChI is InChI=1S/C29H35N3O4/c1-18-4-6-20(7-5-18)16-19(2)32-25-13-12-21-14-15-31(29(35)36-3)17-24(21)26(25)30-27(32)22-8-10-23(11-9-22)28(33)34/h4-7,12-13,19,22-23H,8-11,14-17H2,1-3H3,(H,33,34)/t19-,22-,23-/m0/s1. The van der Waals surface area contributed by atoms with Crippen LogP contribution < -0.4 is 0 Å². The number of aromatic nitrogens is 2. The smallest absolute Gasteiger partial charge is 0.409 e. The van der Waals surface area contributed by atoms with Crippen molar-refractivity contribution < 1.29 is 19.4 Å². The van der Waals surface area contributed by atoms with Crippen LogP contribution in [0.5, 0.6) is 0 Å². The average molecular weight is 490 g/mol. The minimum Gasteiger partial charge on any atom is -0.481 e. The molecule has 2 heterocycles. The molecule has 190 valence electrons. The zero-order valence-electron chi connectivity index (χ0n) is 21.4. The maximum Gasteiger partial charge on any atom is 0.409 e. The van der Waals surface area contributed by atoms with E-state index in [0.29, 0.717) is 25.9 Å². The van der Waals surface area contributed by atoms with Crippen LogP contribution in [0.1, 0.15) is 72.6 Å². The summed E-state index contributed by atoms with van der Waals surface area (Å²) in [5.41, 5.74) is 6.93. The minimum absolute atomic E-state index is 0.184. The van der Waals surface area contributed by atoms with Crippen molar-refractivity contribution in [3.05, 3.63) is 64.5 Å². The van der Waals surface area contributed by atoms with Crippen molar-refractivity contribution in [3.8, 4) is 0 Å². The lowest BCUT2D eigenvalue weighted by molar-refractivity contribution is -0.142. The Hall–Kier alpha value is -3.35. The van der Waals surface area contributed by atoms with Crippen molar-refractivity contribution in [2.45, 2.75) is 70.9 Å². The summed E-state index contributed by atoms with van der Waals surface area (Å²) in [6.07, 6.45) is 4.38. The molecule has 1 amide bonds. The molecule has 2 aliphatic rings. The lowest BCUT2D eigenvalue weighted by Crippen LogP contribution is -2.35. The molecule has 1 aliphatic carbocycles. The van der Waals surface area contributed by atoms with Gasteiger partial charge in [-0.15, -0.1) is 0 Å². The predicted octanol–water partition coefficient (Wildman–Crippen LogP) is 5.63. The van der Waals surface area contributed by atoms with E-state index in [2.05, 4.69) is 54.8 Å². The zero-order valence-corrected chi connectivity index (χ0v) is 21.4. The van der Waals surface area contributed by atoms with Crippen molar-refractivity contribution >= 4 is 23.1 Å². The monoisotopic (exact) mass is 489 g/mol. The second-order valence-corrected chi connectivity index (χ2v) is 10.5. The molecule has 1 atom stereocenters. The van der Waals surface area contributed by atoms with E-state index in [9.17, 15) is 14.7 Å². The second kappa shape index (κ2) is 9.96. The van der Waals surface area contributed by atoms with Gasteiger partial charge in [0, 0.05) is 24.1 Å². The molecule has 1 saturated carbocycles. The Balaban J connectivity index is 1.56. The van der Waals surface area contributed by atoms with Gasteiger partial charge in [0.15, 0.2) is 0 Å². The number of fused-ring (bicyclic) bond motifs is 3. The number of carbonyl (C=O) groups excluding carboxylic acids is 1. The maximum atomic E-state index is 12.3. The van der Waals surface area contributed by atoms with E-state index < -0.39 is 5.97 Å². The summed E-state index contributed by atoms with van der Waals surface area (Å²) >= 11 is 0. The lowest BCUT2D eigenvalue weighted by Gasteiger charge is -2.28. The number of ether oxygens (including phenoxy) is 1. The number of rotatable bonds is 5. The fraction of sp³-hybridized carbons (Fsp3) is 0.483. The van der Waals surface area contributed by atoms with Crippen LogP contribution in [0.4, 0.5) is 4.79 Å². The van der Waals surface area contributed by atoms with Gasteiger partial charge in [-0.25, -0.2) is 9.78 Å². The van der Waals surface area contributed by atoms with Gasteiger partial charge in [-0.3, -0.25) is 4.79 Å². The van der Waals surface area contributed by atoms with E-state index in [1.165, 1.54) is 23.8 Å². The van der Waals surface area contributed by atoms with Crippen molar-refractivity contribution in [1.29, 1.82) is 0 Å². The van der Waals surface area contributed by atoms with Crippen molar-refractivity contribution in [1.82, 2.24) is 14.5 Å². The topological polar surface area (TPSA) is 84.7 Å². The van der Waals surface area contributed by atoms with E-state index in [1.54, 1.807) is 4.90 Å². The number of carboxylic acid groups (broad SMARTS) is 1. The third-order valence-electron chi connectivity index (χ3n) is 8.06. The number of aryl methyl sites for hydroxylation is 1. The van der Waals surface area contributed by atoms with E-state index in [0.717, 1.165) is 48.1 Å². The number of aliphatic carboxylic acids is 1. The van der Waals surface area contributed by atoms with Gasteiger partial charge in [-0.2, -0.15) is 0 Å². The molecule has 1 N–H and O–H groups in total. The summed E-state index contributed by atoms with van der Waals surface area (Å²) < 4.78 is 7.38. The van der Waals surface area contributed by atoms with Gasteiger partial charge in [0.05, 0.1) is 30.6 Å². The zero-order chi connectivity index (χ0) is 25.4. The molecule has 3 aromatic rings. The lowest BCUT2D eigenvalue weighted by atomic mass is 9.81. The molecular weight excluding hydrogens is 454 g/mol. The Morgan fingerprint density at radius 1 is 1.11 bits per heavy atom. The number of amides is 1. The van der Waals surface area contributed by atoms with Crippen LogP contribution in [0.2, 0.25) is 0 Å². The molecule has 5 rings (SSSR count). The molecular formula is C29H35N3O4. The highest BCUT2D eigenvalue weighted by atomic mass is 16.5. The summed E-state index contributed by atoms with van der Waals surface area (Å²) in [5, 5.41) is 9.50. The summed E-state index contributed by atoms with van der Waals surface area (Å²) in [6.45, 7) is 5.48. The Morgan fingerprint density at radius 3 is 2.50 bits per heavy atom. The third kappa shape index (κ3) is 4.59. The van der Waals surface area contributed by atoms with Gasteiger partial charge in [0.1, 0.15) is 5.82 Å². The molecule has 1 aliphatic heterocycles. The maximum absolute atomic E-state index is 12.3. The number of carbonyl (C=O) groups is 2. The van der Waals surface area contributed by atoms with E-state index in [4.69, 9.17) is 9.72 Å². The summed E-state index contributed by atoms with van der Waals surface area (Å²) in [4.78, 5) is 30.8. The highest BCUT2D eigenvalue weighted by Crippen LogP contribution is 2.40. The van der Waals surface area contributed by atoms with E-state index in [-0.39, 0.29) is 24.0 Å². The first-order chi connectivity index (χ1) is 17.4. The number of imidazole rings is 1. The predicted molar refractivity (Wildman–Crippen MR) is 138 cm³/mol. The summed E-state index contributed by atoms with van der Waals surface area (Å²) in [5.74, 6) is 0.332. The first-order valence-corrected chi connectivity index (χ1v) is 13.0. The fourth-order valence-electron chi connectivity index (χ4n) is 6.00. The molecule has 7 nitrogen and oxygen atoms in total. The van der Waals surface area contributed by atoms with Crippen molar-refractivity contribution in [3.63, 3.8) is 0 Å². The fourth-order valence-corrected chi connectivity index (χ4v) is 6.00. The Kier molecular flexibility index (Phi) is 6.73. The van der Waals surface area contributed by atoms with Crippen LogP contribution in [-0.2, 0) is 28.9 Å². The molecule has 0 unspecified atom stereocenters. The minimum atomic E-state index is -0.688. The van der Waals surface area contributed by atoms with Crippen LogP contribution in [0.25, 0.3) is 11.0 Å². The molecule has 0 radical (unpaired) electrons. The third-order valence-corrected chi connectivity index (χ3v) is 8.06. The van der Waals surface area contributed by atoms with Gasteiger partial charge < -0.3 is 19.3 Å². The molecule has 0 spiro atoms. The number of benzene rings is 2. The van der Waals surface area contributed by atoms with Gasteiger partial charge in [0.25, 0.3) is 0 Å². The van der Waals surface area contributed by atoms with Crippen molar-refractivity contribution in [2.24, 2.45) is 5.92 Å². The molecule has 7 heteroatoms. The van der Waals surface area contributed by atoms with Crippen LogP contribution in [0, 0.1) is 12.8 Å². The van der Waals surface area contributed by atoms with Crippen LogP contribution in [0.15, 0.2) is 36.4 Å². The van der Waals surface area contributed by atoms with Crippen LogP contribution in [0.3, 0.4) is 0 Å². The average Bonchev–Trinajstić information content (AvgIpc) is 3.29. The van der Waals surface area contributed by atoms with Crippen LogP contribution in [-0.4, -0.2) is 45.3 Å². The Labute approximate surface area is 212 Å². The first-order valence-electron chi connectivity index (χ1n) is 13.0. The SMILES string of the molecule is COC(=O)N1CCc2ccc3c(nc([C@H]4CC[C@H](C(=O)O)CC4)n3[C@@H](C)Cc3ccc(C)cc3)c2C1. The van der Waals surface area contributed by atoms with Gasteiger partial charge in [-0.1, -0.05) is 35.9 Å². The number of nitrogens with zero attached hydrogens (tertiary/aromatic N) is 3. The van der Waals surface area contributed by atoms with Crippen molar-refractivity contribution in [2.75, 3.05) is 13.7 Å². The highest BCUT2D eigenvalue weighted by Gasteiger charge is 2.32. The molecule has 1 fully saturated rings. The Bertz CT molecular complexity index is 1270. The van der Waals surface area contributed by atoms with Gasteiger partial charge in [-0.05, 0) is 69.6 Å². The number of methoxy groups -OCH3 is 1. The largest absolute Gasteiger partial charge is 0.481 e. The highest BCUT2D eigenvalue weighted by molar-refractivity contribution is 5.82. The first kappa shape index (κ1) is 24.3. The van der Waals surface area contributed by atoms with Gasteiger partial charge in [0.2, 0.25) is 0 Å². The van der Waals surface area contributed by atoms with Crippen LogP contribution >= 0.6 is 0 Å². The number of carboxylic acids is 1. The van der Waals surface area contributed by atoms with Gasteiger partial charge >= 0.3 is 12.1 Å². The molecule has 1 aromatic heterocycles. The second-order valence-electron chi connectivity index (χ2n) is 10.5.